The zero-order valence-electron chi connectivity index (χ0n) is 11.0. The van der Waals surface area contributed by atoms with Crippen molar-refractivity contribution < 1.29 is 0 Å². The van der Waals surface area contributed by atoms with Crippen LogP contribution in [-0.2, 0) is 0 Å². The van der Waals surface area contributed by atoms with Crippen molar-refractivity contribution in [2.75, 3.05) is 5.32 Å². The summed E-state index contributed by atoms with van der Waals surface area (Å²) in [6, 6.07) is 8.17. The van der Waals surface area contributed by atoms with E-state index >= 15 is 0 Å². The molecule has 0 aromatic carbocycles. The fourth-order valence-electron chi connectivity index (χ4n) is 2.79. The number of nitrogens with one attached hydrogen (secondary N) is 1. The maximum atomic E-state index is 8.82. The highest BCUT2D eigenvalue weighted by molar-refractivity contribution is 5.39. The first kappa shape index (κ1) is 12.9. The lowest BCUT2D eigenvalue weighted by Gasteiger charge is -2.29. The third kappa shape index (κ3) is 3.46. The van der Waals surface area contributed by atoms with E-state index in [1.807, 2.05) is 12.1 Å². The summed E-state index contributed by atoms with van der Waals surface area (Å²) in [5.74, 6) is 1.76. The SMILES string of the molecule is CCCC1CCC(Nc2cccc(C#N)n2)CC1. The molecule has 1 aliphatic carbocycles. The van der Waals surface area contributed by atoms with Gasteiger partial charge in [-0.05, 0) is 43.7 Å². The van der Waals surface area contributed by atoms with Crippen molar-refractivity contribution in [3.63, 3.8) is 0 Å². The van der Waals surface area contributed by atoms with Crippen LogP contribution in [0, 0.1) is 17.2 Å². The second kappa shape index (κ2) is 6.39. The second-order valence-corrected chi connectivity index (χ2v) is 5.17. The van der Waals surface area contributed by atoms with Gasteiger partial charge in [-0.25, -0.2) is 4.98 Å². The molecule has 0 atom stereocenters. The van der Waals surface area contributed by atoms with Crippen molar-refractivity contribution in [3.8, 4) is 6.07 Å². The molecule has 3 nitrogen and oxygen atoms in total. The first-order valence-corrected chi connectivity index (χ1v) is 6.95. The molecule has 3 heteroatoms. The lowest BCUT2D eigenvalue weighted by molar-refractivity contribution is 0.318. The minimum Gasteiger partial charge on any atom is -0.367 e. The van der Waals surface area contributed by atoms with Gasteiger partial charge in [-0.2, -0.15) is 5.26 Å². The van der Waals surface area contributed by atoms with Crippen molar-refractivity contribution in [2.24, 2.45) is 5.92 Å². The summed E-state index contributed by atoms with van der Waals surface area (Å²) < 4.78 is 0. The van der Waals surface area contributed by atoms with Crippen LogP contribution in [0.2, 0.25) is 0 Å². The van der Waals surface area contributed by atoms with Crippen LogP contribution in [0.4, 0.5) is 5.82 Å². The Morgan fingerprint density at radius 2 is 2.11 bits per heavy atom. The van der Waals surface area contributed by atoms with Gasteiger partial charge in [0.05, 0.1) is 0 Å². The zero-order chi connectivity index (χ0) is 12.8. The Kier molecular flexibility index (Phi) is 4.58. The lowest BCUT2D eigenvalue weighted by atomic mass is 9.83. The van der Waals surface area contributed by atoms with Crippen molar-refractivity contribution >= 4 is 5.82 Å². The zero-order valence-corrected chi connectivity index (χ0v) is 11.0. The molecule has 0 unspecified atom stereocenters. The Bertz CT molecular complexity index is 414. The molecule has 0 spiro atoms. The molecular formula is C15H21N3. The fraction of sp³-hybridized carbons (Fsp3) is 0.600. The number of nitriles is 1. The maximum absolute atomic E-state index is 8.82. The van der Waals surface area contributed by atoms with Gasteiger partial charge in [0.2, 0.25) is 0 Å². The first-order valence-electron chi connectivity index (χ1n) is 6.95. The van der Waals surface area contributed by atoms with Crippen LogP contribution in [0.15, 0.2) is 18.2 Å². The Morgan fingerprint density at radius 3 is 2.78 bits per heavy atom. The molecule has 0 amide bonds. The Balaban J connectivity index is 1.86. The molecule has 1 fully saturated rings. The Morgan fingerprint density at radius 1 is 1.33 bits per heavy atom. The molecular weight excluding hydrogens is 222 g/mol. The predicted molar refractivity (Wildman–Crippen MR) is 73.2 cm³/mol. The van der Waals surface area contributed by atoms with Crippen LogP contribution < -0.4 is 5.32 Å². The molecule has 0 saturated heterocycles. The van der Waals surface area contributed by atoms with Crippen molar-refractivity contribution in [3.05, 3.63) is 23.9 Å². The molecule has 0 aliphatic heterocycles. The van der Waals surface area contributed by atoms with E-state index in [1.54, 1.807) is 6.07 Å². The standard InChI is InChI=1S/C15H21N3/c1-2-4-12-7-9-13(10-8-12)17-15-6-3-5-14(11-16)18-15/h3,5-6,12-13H,2,4,7-10H2,1H3,(H,17,18). The summed E-state index contributed by atoms with van der Waals surface area (Å²) in [6.07, 6.45) is 7.77. The summed E-state index contributed by atoms with van der Waals surface area (Å²) in [7, 11) is 0. The number of aromatic nitrogens is 1. The molecule has 1 N–H and O–H groups in total. The molecule has 1 aromatic heterocycles. The van der Waals surface area contributed by atoms with E-state index in [0.717, 1.165) is 11.7 Å². The van der Waals surface area contributed by atoms with Gasteiger partial charge < -0.3 is 5.32 Å². The van der Waals surface area contributed by atoms with Gasteiger partial charge in [0.25, 0.3) is 0 Å². The highest BCUT2D eigenvalue weighted by Gasteiger charge is 2.20. The third-order valence-corrected chi connectivity index (χ3v) is 3.76. The quantitative estimate of drug-likeness (QED) is 0.876. The van der Waals surface area contributed by atoms with Crippen LogP contribution in [0.5, 0.6) is 0 Å². The molecule has 0 radical (unpaired) electrons. The van der Waals surface area contributed by atoms with E-state index in [4.69, 9.17) is 5.26 Å². The number of pyridine rings is 1. The van der Waals surface area contributed by atoms with Crippen LogP contribution in [0.3, 0.4) is 0 Å². The average Bonchev–Trinajstić information content (AvgIpc) is 2.42. The molecule has 18 heavy (non-hydrogen) atoms. The highest BCUT2D eigenvalue weighted by Crippen LogP contribution is 2.29. The topological polar surface area (TPSA) is 48.7 Å². The Labute approximate surface area is 109 Å². The number of anilines is 1. The summed E-state index contributed by atoms with van der Waals surface area (Å²) in [5.41, 5.74) is 0.486. The lowest BCUT2D eigenvalue weighted by Crippen LogP contribution is -2.26. The van der Waals surface area contributed by atoms with Crippen molar-refractivity contribution in [1.29, 1.82) is 5.26 Å². The molecule has 1 aromatic rings. The van der Waals surface area contributed by atoms with Gasteiger partial charge in [0.15, 0.2) is 0 Å². The smallest absolute Gasteiger partial charge is 0.142 e. The van der Waals surface area contributed by atoms with E-state index < -0.39 is 0 Å². The summed E-state index contributed by atoms with van der Waals surface area (Å²) >= 11 is 0. The molecule has 2 rings (SSSR count). The summed E-state index contributed by atoms with van der Waals surface area (Å²) in [6.45, 7) is 2.27. The van der Waals surface area contributed by atoms with Crippen LogP contribution in [-0.4, -0.2) is 11.0 Å². The van der Waals surface area contributed by atoms with Gasteiger partial charge in [-0.15, -0.1) is 0 Å². The normalized spacial score (nSPS) is 23.3. The maximum Gasteiger partial charge on any atom is 0.142 e. The first-order chi connectivity index (χ1) is 8.81. The van der Waals surface area contributed by atoms with Crippen LogP contribution in [0.1, 0.15) is 51.1 Å². The van der Waals surface area contributed by atoms with Crippen molar-refractivity contribution in [2.45, 2.75) is 51.5 Å². The van der Waals surface area contributed by atoms with E-state index in [0.29, 0.717) is 11.7 Å². The predicted octanol–water partition coefficient (Wildman–Crippen LogP) is 3.72. The van der Waals surface area contributed by atoms with E-state index in [-0.39, 0.29) is 0 Å². The largest absolute Gasteiger partial charge is 0.367 e. The highest BCUT2D eigenvalue weighted by atomic mass is 15.0. The van der Waals surface area contributed by atoms with Gasteiger partial charge in [-0.1, -0.05) is 25.8 Å². The number of nitrogens with zero attached hydrogens (tertiary/aromatic N) is 2. The summed E-state index contributed by atoms with van der Waals surface area (Å²) in [4.78, 5) is 4.27. The summed E-state index contributed by atoms with van der Waals surface area (Å²) in [5, 5.41) is 12.3. The fourth-order valence-corrected chi connectivity index (χ4v) is 2.79. The molecule has 96 valence electrons. The monoisotopic (exact) mass is 243 g/mol. The van der Waals surface area contributed by atoms with E-state index in [2.05, 4.69) is 23.3 Å². The van der Waals surface area contributed by atoms with Crippen LogP contribution >= 0.6 is 0 Å². The van der Waals surface area contributed by atoms with Gasteiger partial charge in [0, 0.05) is 6.04 Å². The second-order valence-electron chi connectivity index (χ2n) is 5.17. The Hall–Kier alpha value is -1.56. The van der Waals surface area contributed by atoms with Gasteiger partial charge >= 0.3 is 0 Å². The molecule has 1 heterocycles. The van der Waals surface area contributed by atoms with Gasteiger partial charge in [-0.3, -0.25) is 0 Å². The molecule has 0 bridgehead atoms. The van der Waals surface area contributed by atoms with Crippen LogP contribution in [0.25, 0.3) is 0 Å². The molecule has 1 saturated carbocycles. The third-order valence-electron chi connectivity index (χ3n) is 3.76. The minimum absolute atomic E-state index is 0.486. The minimum atomic E-state index is 0.486. The van der Waals surface area contributed by atoms with Crippen molar-refractivity contribution in [1.82, 2.24) is 4.98 Å². The molecule has 1 aliphatic rings. The van der Waals surface area contributed by atoms with E-state index in [1.165, 1.54) is 38.5 Å². The van der Waals surface area contributed by atoms with Gasteiger partial charge in [0.1, 0.15) is 17.6 Å². The average molecular weight is 243 g/mol. The number of hydrogen-bond acceptors (Lipinski definition) is 3. The van der Waals surface area contributed by atoms with E-state index in [9.17, 15) is 0 Å². The number of rotatable bonds is 4. The number of hydrogen-bond donors (Lipinski definition) is 1.